The molecule has 4 heteroatoms. The second kappa shape index (κ2) is 4.64. The summed E-state index contributed by atoms with van der Waals surface area (Å²) in [6.07, 6.45) is 8.93. The zero-order chi connectivity index (χ0) is 10.7. The molecule has 0 bridgehead atoms. The molecule has 1 N–H and O–H groups in total. The Hall–Kier alpha value is -1.06. The fraction of sp³-hybridized carbons (Fsp3) is 0.818. The lowest BCUT2D eigenvalue weighted by Crippen LogP contribution is -2.13. The average molecular weight is 209 g/mol. The van der Waals surface area contributed by atoms with Crippen molar-refractivity contribution in [2.24, 2.45) is 13.0 Å². The molecular formula is C11H19N3O. The third kappa shape index (κ3) is 2.70. The van der Waals surface area contributed by atoms with E-state index in [1.807, 2.05) is 0 Å². The van der Waals surface area contributed by atoms with Gasteiger partial charge in [-0.3, -0.25) is 4.98 Å². The van der Waals surface area contributed by atoms with E-state index in [0.717, 1.165) is 18.2 Å². The van der Waals surface area contributed by atoms with Crippen LogP contribution >= 0.6 is 0 Å². The number of rotatable bonds is 2. The Kier molecular flexibility index (Phi) is 3.23. The standard InChI is InChI=1S/C11H19N3O/c1-14-11(15)12-10(13-14)8-9-6-4-2-3-5-7-9/h9H,2-8H2,1H3,(H,12,13,15). The zero-order valence-corrected chi connectivity index (χ0v) is 9.33. The SMILES string of the molecule is Cn1nc(CC2CCCCCC2)[nH]c1=O. The zero-order valence-electron chi connectivity index (χ0n) is 9.33. The van der Waals surface area contributed by atoms with Crippen molar-refractivity contribution in [3.8, 4) is 0 Å². The van der Waals surface area contributed by atoms with E-state index in [4.69, 9.17) is 0 Å². The Labute approximate surface area is 89.7 Å². The van der Waals surface area contributed by atoms with Gasteiger partial charge in [-0.1, -0.05) is 38.5 Å². The summed E-state index contributed by atoms with van der Waals surface area (Å²) in [4.78, 5) is 14.0. The van der Waals surface area contributed by atoms with Gasteiger partial charge in [-0.15, -0.1) is 0 Å². The van der Waals surface area contributed by atoms with E-state index >= 15 is 0 Å². The van der Waals surface area contributed by atoms with Crippen LogP contribution in [0.4, 0.5) is 0 Å². The van der Waals surface area contributed by atoms with Crippen molar-refractivity contribution in [3.63, 3.8) is 0 Å². The molecule has 0 spiro atoms. The number of nitrogens with zero attached hydrogens (tertiary/aromatic N) is 2. The fourth-order valence-corrected chi connectivity index (χ4v) is 2.39. The van der Waals surface area contributed by atoms with E-state index in [1.54, 1.807) is 7.05 Å². The van der Waals surface area contributed by atoms with E-state index in [0.29, 0.717) is 0 Å². The number of aromatic amines is 1. The summed E-state index contributed by atoms with van der Waals surface area (Å²) in [5.41, 5.74) is -0.0985. The van der Waals surface area contributed by atoms with Crippen LogP contribution in [0.25, 0.3) is 0 Å². The summed E-state index contributed by atoms with van der Waals surface area (Å²) in [6, 6.07) is 0. The van der Waals surface area contributed by atoms with Gasteiger partial charge in [0.05, 0.1) is 0 Å². The quantitative estimate of drug-likeness (QED) is 0.752. The van der Waals surface area contributed by atoms with Crippen LogP contribution in [0.15, 0.2) is 4.79 Å². The number of H-pyrrole nitrogens is 1. The second-order valence-electron chi connectivity index (χ2n) is 4.56. The van der Waals surface area contributed by atoms with Gasteiger partial charge in [0.1, 0.15) is 5.82 Å². The first-order chi connectivity index (χ1) is 7.25. The third-order valence-electron chi connectivity index (χ3n) is 3.27. The van der Waals surface area contributed by atoms with Crippen LogP contribution in [-0.4, -0.2) is 14.8 Å². The molecule has 0 aromatic carbocycles. The first kappa shape index (κ1) is 10.5. The van der Waals surface area contributed by atoms with Crippen LogP contribution in [-0.2, 0) is 13.5 Å². The molecule has 0 unspecified atom stereocenters. The maximum Gasteiger partial charge on any atom is 0.342 e. The summed E-state index contributed by atoms with van der Waals surface area (Å²) in [7, 11) is 1.69. The molecule has 0 atom stereocenters. The first-order valence-electron chi connectivity index (χ1n) is 5.88. The van der Waals surface area contributed by atoms with Crippen LogP contribution < -0.4 is 5.69 Å². The molecule has 4 nitrogen and oxygen atoms in total. The number of hydrogen-bond donors (Lipinski definition) is 1. The highest BCUT2D eigenvalue weighted by Gasteiger charge is 2.14. The lowest BCUT2D eigenvalue weighted by atomic mass is 9.96. The van der Waals surface area contributed by atoms with Gasteiger partial charge in [0.25, 0.3) is 0 Å². The molecule has 1 aromatic heterocycles. The van der Waals surface area contributed by atoms with Crippen molar-refractivity contribution in [1.29, 1.82) is 0 Å². The third-order valence-corrected chi connectivity index (χ3v) is 3.27. The number of nitrogens with one attached hydrogen (secondary N) is 1. The van der Waals surface area contributed by atoms with E-state index in [-0.39, 0.29) is 5.69 Å². The van der Waals surface area contributed by atoms with Crippen molar-refractivity contribution in [2.45, 2.75) is 44.9 Å². The molecule has 0 saturated heterocycles. The highest BCUT2D eigenvalue weighted by molar-refractivity contribution is 4.85. The molecule has 0 amide bonds. The summed E-state index contributed by atoms with van der Waals surface area (Å²) in [5.74, 6) is 1.58. The Balaban J connectivity index is 1.97. The van der Waals surface area contributed by atoms with Gasteiger partial charge in [-0.2, -0.15) is 5.10 Å². The molecule has 1 aromatic rings. The number of aromatic nitrogens is 3. The van der Waals surface area contributed by atoms with Gasteiger partial charge in [0.2, 0.25) is 0 Å². The van der Waals surface area contributed by atoms with E-state index in [2.05, 4.69) is 10.1 Å². The minimum absolute atomic E-state index is 0.0985. The van der Waals surface area contributed by atoms with Crippen molar-refractivity contribution < 1.29 is 0 Å². The van der Waals surface area contributed by atoms with Gasteiger partial charge in [-0.25, -0.2) is 9.48 Å². The Morgan fingerprint density at radius 2 is 2.00 bits per heavy atom. The maximum absolute atomic E-state index is 11.2. The first-order valence-corrected chi connectivity index (χ1v) is 5.88. The largest absolute Gasteiger partial charge is 0.342 e. The fourth-order valence-electron chi connectivity index (χ4n) is 2.39. The molecule has 0 radical (unpaired) electrons. The molecule has 2 rings (SSSR count). The predicted molar refractivity (Wildman–Crippen MR) is 58.7 cm³/mol. The smallest absolute Gasteiger partial charge is 0.293 e. The van der Waals surface area contributed by atoms with E-state index < -0.39 is 0 Å². The molecular weight excluding hydrogens is 190 g/mol. The Morgan fingerprint density at radius 3 is 2.53 bits per heavy atom. The monoisotopic (exact) mass is 209 g/mol. The highest BCUT2D eigenvalue weighted by atomic mass is 16.1. The predicted octanol–water partition coefficient (Wildman–Crippen LogP) is 1.62. The molecule has 0 aliphatic heterocycles. The minimum atomic E-state index is -0.0985. The van der Waals surface area contributed by atoms with E-state index in [9.17, 15) is 4.79 Å². The summed E-state index contributed by atoms with van der Waals surface area (Å²) in [5, 5.41) is 4.18. The molecule has 1 fully saturated rings. The van der Waals surface area contributed by atoms with Crippen LogP contribution in [0.5, 0.6) is 0 Å². The second-order valence-corrected chi connectivity index (χ2v) is 4.56. The van der Waals surface area contributed by atoms with Crippen LogP contribution in [0.1, 0.15) is 44.3 Å². The molecule has 1 saturated carbocycles. The Bertz CT molecular complexity index is 358. The average Bonchev–Trinajstić information content (AvgIpc) is 2.45. The van der Waals surface area contributed by atoms with Gasteiger partial charge in [-0.05, 0) is 5.92 Å². The van der Waals surface area contributed by atoms with Crippen molar-refractivity contribution in [3.05, 3.63) is 16.3 Å². The molecule has 84 valence electrons. The summed E-state index contributed by atoms with van der Waals surface area (Å²) in [6.45, 7) is 0. The number of hydrogen-bond acceptors (Lipinski definition) is 2. The maximum atomic E-state index is 11.2. The molecule has 1 heterocycles. The van der Waals surface area contributed by atoms with Crippen molar-refractivity contribution >= 4 is 0 Å². The Morgan fingerprint density at radius 1 is 1.33 bits per heavy atom. The number of aryl methyl sites for hydroxylation is 1. The molecule has 1 aliphatic carbocycles. The minimum Gasteiger partial charge on any atom is -0.293 e. The van der Waals surface area contributed by atoms with E-state index in [1.165, 1.54) is 43.2 Å². The molecule has 15 heavy (non-hydrogen) atoms. The normalized spacial score (nSPS) is 19.0. The lowest BCUT2D eigenvalue weighted by Gasteiger charge is -2.10. The van der Waals surface area contributed by atoms with Gasteiger partial charge < -0.3 is 0 Å². The molecule has 1 aliphatic rings. The topological polar surface area (TPSA) is 50.7 Å². The van der Waals surface area contributed by atoms with Crippen LogP contribution in [0.3, 0.4) is 0 Å². The van der Waals surface area contributed by atoms with Crippen LogP contribution in [0.2, 0.25) is 0 Å². The highest BCUT2D eigenvalue weighted by Crippen LogP contribution is 2.24. The van der Waals surface area contributed by atoms with Gasteiger partial charge >= 0.3 is 5.69 Å². The van der Waals surface area contributed by atoms with Crippen molar-refractivity contribution in [2.75, 3.05) is 0 Å². The van der Waals surface area contributed by atoms with Gasteiger partial charge in [0.15, 0.2) is 0 Å². The van der Waals surface area contributed by atoms with Gasteiger partial charge in [0, 0.05) is 13.5 Å². The summed E-state index contributed by atoms with van der Waals surface area (Å²) < 4.78 is 1.38. The summed E-state index contributed by atoms with van der Waals surface area (Å²) >= 11 is 0. The van der Waals surface area contributed by atoms with Crippen molar-refractivity contribution in [1.82, 2.24) is 14.8 Å². The lowest BCUT2D eigenvalue weighted by molar-refractivity contribution is 0.447. The van der Waals surface area contributed by atoms with Crippen LogP contribution in [0, 0.1) is 5.92 Å².